The number of rotatable bonds is 6. The van der Waals surface area contributed by atoms with Crippen molar-refractivity contribution in [3.8, 4) is 0 Å². The van der Waals surface area contributed by atoms with Gasteiger partial charge in [-0.1, -0.05) is 29.8 Å². The molecule has 134 valence electrons. The molecular formula is C18H20BrNO4S. The van der Waals surface area contributed by atoms with E-state index in [-0.39, 0.29) is 11.0 Å². The fraction of sp³-hybridized carbons (Fsp3) is 0.278. The zero-order chi connectivity index (χ0) is 18.6. The van der Waals surface area contributed by atoms with Crippen LogP contribution >= 0.6 is 15.9 Å². The van der Waals surface area contributed by atoms with Crippen LogP contribution in [0.15, 0.2) is 57.9 Å². The Hall–Kier alpha value is -1.86. The van der Waals surface area contributed by atoms with Gasteiger partial charge in [0, 0.05) is 4.47 Å². The van der Waals surface area contributed by atoms with E-state index in [1.54, 1.807) is 50.2 Å². The van der Waals surface area contributed by atoms with Crippen LogP contribution in [0.1, 0.15) is 19.4 Å². The molecule has 25 heavy (non-hydrogen) atoms. The van der Waals surface area contributed by atoms with Crippen LogP contribution in [0.5, 0.6) is 0 Å². The second-order valence-corrected chi connectivity index (χ2v) is 8.53. The zero-order valence-corrected chi connectivity index (χ0v) is 16.7. The molecule has 7 heteroatoms. The molecule has 0 amide bonds. The van der Waals surface area contributed by atoms with Crippen LogP contribution in [-0.4, -0.2) is 27.0 Å². The first kappa shape index (κ1) is 19.5. The molecule has 0 aliphatic rings. The minimum Gasteiger partial charge on any atom is -0.462 e. The Balaban J connectivity index is 2.48. The van der Waals surface area contributed by atoms with Crippen molar-refractivity contribution in [3.05, 3.63) is 58.6 Å². The lowest BCUT2D eigenvalue weighted by molar-refractivity contribution is -0.145. The number of carbonyl (C=O) groups excluding carboxylic acids is 1. The first-order valence-corrected chi connectivity index (χ1v) is 9.98. The number of hydrogen-bond donors (Lipinski definition) is 0. The van der Waals surface area contributed by atoms with Gasteiger partial charge < -0.3 is 4.74 Å². The molecule has 0 unspecified atom stereocenters. The molecule has 0 heterocycles. The Morgan fingerprint density at radius 1 is 1.12 bits per heavy atom. The van der Waals surface area contributed by atoms with Crippen molar-refractivity contribution in [1.82, 2.24) is 0 Å². The first-order valence-electron chi connectivity index (χ1n) is 7.75. The molecule has 0 N–H and O–H groups in total. The Bertz CT molecular complexity index is 848. The minimum absolute atomic E-state index is 0.117. The third-order valence-corrected chi connectivity index (χ3v) is 5.81. The quantitative estimate of drug-likeness (QED) is 0.658. The number of anilines is 1. The molecule has 0 saturated carbocycles. The Labute approximate surface area is 156 Å². The van der Waals surface area contributed by atoms with Crippen LogP contribution in [0.3, 0.4) is 0 Å². The fourth-order valence-electron chi connectivity index (χ4n) is 2.21. The van der Waals surface area contributed by atoms with E-state index in [0.717, 1.165) is 9.87 Å². The van der Waals surface area contributed by atoms with E-state index in [4.69, 9.17) is 4.74 Å². The lowest BCUT2D eigenvalue weighted by Crippen LogP contribution is -2.37. The molecule has 0 bridgehead atoms. The summed E-state index contributed by atoms with van der Waals surface area (Å²) in [5.41, 5.74) is 1.33. The van der Waals surface area contributed by atoms with Crippen LogP contribution in [0.25, 0.3) is 0 Å². The SMILES string of the molecule is Cc1ccc(S(=O)(=O)N(CC(=O)OC(C)C)c2ccccc2Br)cc1. The normalized spacial score (nSPS) is 11.4. The molecule has 0 atom stereocenters. The highest BCUT2D eigenvalue weighted by Gasteiger charge is 2.29. The number of nitrogens with zero attached hydrogens (tertiary/aromatic N) is 1. The summed E-state index contributed by atoms with van der Waals surface area (Å²) in [4.78, 5) is 12.3. The molecule has 0 radical (unpaired) electrons. The van der Waals surface area contributed by atoms with Crippen LogP contribution < -0.4 is 4.31 Å². The van der Waals surface area contributed by atoms with Gasteiger partial charge in [0.2, 0.25) is 0 Å². The van der Waals surface area contributed by atoms with Gasteiger partial charge in [0.1, 0.15) is 6.54 Å². The third-order valence-electron chi connectivity index (χ3n) is 3.37. The third kappa shape index (κ3) is 4.83. The maximum absolute atomic E-state index is 13.1. The number of ether oxygens (including phenoxy) is 1. The molecule has 0 aliphatic heterocycles. The molecule has 0 fully saturated rings. The molecule has 0 saturated heterocycles. The average Bonchev–Trinajstić information content (AvgIpc) is 2.53. The predicted octanol–water partition coefficient (Wildman–Crippen LogP) is 3.90. The predicted molar refractivity (Wildman–Crippen MR) is 101 cm³/mol. The highest BCUT2D eigenvalue weighted by atomic mass is 79.9. The molecule has 2 aromatic carbocycles. The number of halogens is 1. The van der Waals surface area contributed by atoms with Gasteiger partial charge in [-0.3, -0.25) is 9.10 Å². The summed E-state index contributed by atoms with van der Waals surface area (Å²) in [7, 11) is -3.92. The van der Waals surface area contributed by atoms with E-state index in [1.165, 1.54) is 12.1 Å². The van der Waals surface area contributed by atoms with Crippen molar-refractivity contribution in [3.63, 3.8) is 0 Å². The molecule has 0 spiro atoms. The van der Waals surface area contributed by atoms with E-state index in [0.29, 0.717) is 10.2 Å². The van der Waals surface area contributed by atoms with Crippen LogP contribution in [-0.2, 0) is 19.6 Å². The Kier molecular flexibility index (Phi) is 6.24. The lowest BCUT2D eigenvalue weighted by Gasteiger charge is -2.25. The zero-order valence-electron chi connectivity index (χ0n) is 14.3. The van der Waals surface area contributed by atoms with Crippen molar-refractivity contribution in [2.45, 2.75) is 31.8 Å². The highest BCUT2D eigenvalue weighted by Crippen LogP contribution is 2.30. The van der Waals surface area contributed by atoms with Crippen molar-refractivity contribution >= 4 is 37.6 Å². The van der Waals surface area contributed by atoms with Gasteiger partial charge in [0.05, 0.1) is 16.7 Å². The van der Waals surface area contributed by atoms with Crippen molar-refractivity contribution in [2.75, 3.05) is 10.8 Å². The maximum Gasteiger partial charge on any atom is 0.327 e. The Morgan fingerprint density at radius 3 is 2.28 bits per heavy atom. The summed E-state index contributed by atoms with van der Waals surface area (Å²) in [5, 5.41) is 0. The molecular weight excluding hydrogens is 406 g/mol. The Morgan fingerprint density at radius 2 is 1.72 bits per heavy atom. The van der Waals surface area contributed by atoms with Crippen molar-refractivity contribution in [2.24, 2.45) is 0 Å². The monoisotopic (exact) mass is 425 g/mol. The number of para-hydroxylation sites is 1. The summed E-state index contributed by atoms with van der Waals surface area (Å²) in [6, 6.07) is 13.3. The number of carbonyl (C=O) groups is 1. The minimum atomic E-state index is -3.92. The summed E-state index contributed by atoms with van der Waals surface area (Å²) in [5.74, 6) is -0.610. The number of sulfonamides is 1. The van der Waals surface area contributed by atoms with Crippen LogP contribution in [0, 0.1) is 6.92 Å². The molecule has 2 aromatic rings. The topological polar surface area (TPSA) is 63.7 Å². The van der Waals surface area contributed by atoms with Gasteiger partial charge in [-0.05, 0) is 61.0 Å². The summed E-state index contributed by atoms with van der Waals surface area (Å²) >= 11 is 3.36. The van der Waals surface area contributed by atoms with Gasteiger partial charge in [-0.15, -0.1) is 0 Å². The maximum atomic E-state index is 13.1. The summed E-state index contributed by atoms with van der Waals surface area (Å²) in [6.45, 7) is 4.91. The van der Waals surface area contributed by atoms with E-state index in [2.05, 4.69) is 15.9 Å². The molecule has 0 aromatic heterocycles. The lowest BCUT2D eigenvalue weighted by atomic mass is 10.2. The van der Waals surface area contributed by atoms with Crippen molar-refractivity contribution in [1.29, 1.82) is 0 Å². The largest absolute Gasteiger partial charge is 0.462 e. The van der Waals surface area contributed by atoms with Crippen molar-refractivity contribution < 1.29 is 17.9 Å². The van der Waals surface area contributed by atoms with Gasteiger partial charge >= 0.3 is 5.97 Å². The van der Waals surface area contributed by atoms with Gasteiger partial charge in [-0.2, -0.15) is 0 Å². The molecule has 0 aliphatic carbocycles. The summed E-state index contributed by atoms with van der Waals surface area (Å²) in [6.07, 6.45) is -0.323. The number of benzene rings is 2. The van der Waals surface area contributed by atoms with Gasteiger partial charge in [0.25, 0.3) is 10.0 Å². The van der Waals surface area contributed by atoms with E-state index in [1.807, 2.05) is 6.92 Å². The van der Waals surface area contributed by atoms with E-state index < -0.39 is 22.5 Å². The number of aryl methyl sites for hydroxylation is 1. The standard InChI is InChI=1S/C18H20BrNO4S/c1-13(2)24-18(21)12-20(17-7-5-4-6-16(17)19)25(22,23)15-10-8-14(3)9-11-15/h4-11,13H,12H2,1-3H3. The van der Waals surface area contributed by atoms with Crippen LogP contribution in [0.2, 0.25) is 0 Å². The second-order valence-electron chi connectivity index (χ2n) is 5.81. The van der Waals surface area contributed by atoms with Gasteiger partial charge in [-0.25, -0.2) is 8.42 Å². The van der Waals surface area contributed by atoms with Gasteiger partial charge in [0.15, 0.2) is 0 Å². The van der Waals surface area contributed by atoms with Crippen LogP contribution in [0.4, 0.5) is 5.69 Å². The highest BCUT2D eigenvalue weighted by molar-refractivity contribution is 9.10. The average molecular weight is 426 g/mol. The number of hydrogen-bond acceptors (Lipinski definition) is 4. The molecule has 2 rings (SSSR count). The fourth-order valence-corrected chi connectivity index (χ4v) is 4.25. The second kappa shape index (κ2) is 8.01. The smallest absolute Gasteiger partial charge is 0.327 e. The number of esters is 1. The van der Waals surface area contributed by atoms with E-state index in [9.17, 15) is 13.2 Å². The molecule has 5 nitrogen and oxygen atoms in total. The van der Waals surface area contributed by atoms with E-state index >= 15 is 0 Å². The first-order chi connectivity index (χ1) is 11.7. The summed E-state index contributed by atoms with van der Waals surface area (Å²) < 4.78 is 33.0.